The highest BCUT2D eigenvalue weighted by Crippen LogP contribution is 2.61. The summed E-state index contributed by atoms with van der Waals surface area (Å²) >= 11 is 0. The van der Waals surface area contributed by atoms with E-state index in [1.54, 1.807) is 0 Å². The van der Waals surface area contributed by atoms with Crippen LogP contribution >= 0.6 is 0 Å². The van der Waals surface area contributed by atoms with E-state index >= 15 is 0 Å². The molecule has 25 heavy (non-hydrogen) atoms. The second-order valence-corrected chi connectivity index (χ2v) is 9.14. The zero-order valence-corrected chi connectivity index (χ0v) is 15.8. The van der Waals surface area contributed by atoms with Crippen LogP contribution < -0.4 is 5.32 Å². The summed E-state index contributed by atoms with van der Waals surface area (Å²) in [5, 5.41) is 3.31. The van der Waals surface area contributed by atoms with Crippen LogP contribution in [0.4, 0.5) is 0 Å². The Morgan fingerprint density at radius 1 is 1.12 bits per heavy atom. The third-order valence-electron chi connectivity index (χ3n) is 7.52. The Balaban J connectivity index is 1.27. The van der Waals surface area contributed by atoms with Crippen molar-refractivity contribution in [1.82, 2.24) is 10.2 Å². The van der Waals surface area contributed by atoms with E-state index in [0.29, 0.717) is 35.7 Å². The Bertz CT molecular complexity index is 520. The van der Waals surface area contributed by atoms with Crippen LogP contribution in [0.5, 0.6) is 0 Å². The smallest absolute Gasteiger partial charge is 0.226 e. The Hall–Kier alpha value is -1.06. The number of amides is 2. The number of unbranched alkanes of at least 4 members (excludes halogenated alkanes) is 1. The molecule has 3 unspecified atom stereocenters. The van der Waals surface area contributed by atoms with Gasteiger partial charge in [0.2, 0.25) is 11.8 Å². The molecular weight excluding hydrogens is 312 g/mol. The van der Waals surface area contributed by atoms with Gasteiger partial charge in [0.05, 0.1) is 5.41 Å². The molecule has 4 rings (SSSR count). The molecule has 4 aliphatic rings. The summed E-state index contributed by atoms with van der Waals surface area (Å²) in [6, 6.07) is 0.873. The number of rotatable bonds is 6. The summed E-state index contributed by atoms with van der Waals surface area (Å²) in [6.07, 6.45) is 13.4. The minimum absolute atomic E-state index is 0.0219. The van der Waals surface area contributed by atoms with Crippen LogP contribution in [-0.2, 0) is 9.59 Å². The van der Waals surface area contributed by atoms with Gasteiger partial charge in [0.1, 0.15) is 0 Å². The fraction of sp³-hybridized carbons (Fsp3) is 0.905. The predicted octanol–water partition coefficient (Wildman–Crippen LogP) is 3.64. The molecule has 5 atom stereocenters. The predicted molar refractivity (Wildman–Crippen MR) is 97.9 cm³/mol. The van der Waals surface area contributed by atoms with E-state index in [1.165, 1.54) is 32.1 Å². The lowest BCUT2D eigenvalue weighted by atomic mass is 9.86. The summed E-state index contributed by atoms with van der Waals surface area (Å²) in [5.41, 5.74) is 0.0219. The van der Waals surface area contributed by atoms with E-state index in [9.17, 15) is 9.59 Å². The first-order valence-electron chi connectivity index (χ1n) is 10.7. The summed E-state index contributed by atoms with van der Waals surface area (Å²) in [6.45, 7) is 2.98. The number of piperidine rings is 1. The lowest BCUT2D eigenvalue weighted by molar-refractivity contribution is -0.137. The van der Waals surface area contributed by atoms with Crippen molar-refractivity contribution in [2.75, 3.05) is 6.54 Å². The van der Waals surface area contributed by atoms with E-state index in [0.717, 1.165) is 51.5 Å². The van der Waals surface area contributed by atoms with Crippen molar-refractivity contribution >= 4 is 11.8 Å². The van der Waals surface area contributed by atoms with Gasteiger partial charge in [-0.25, -0.2) is 0 Å². The SMILES string of the molecule is CCCCC(=O)N1[C@@H]2CC[C@H]1CC(CNC(=O)C13CCCCC1C3)C2. The third kappa shape index (κ3) is 3.21. The second-order valence-electron chi connectivity index (χ2n) is 9.14. The first kappa shape index (κ1) is 17.4. The Kier molecular flexibility index (Phi) is 4.81. The van der Waals surface area contributed by atoms with Gasteiger partial charge in [-0.15, -0.1) is 0 Å². The van der Waals surface area contributed by atoms with Crippen LogP contribution in [0.1, 0.15) is 84.0 Å². The summed E-state index contributed by atoms with van der Waals surface area (Å²) in [4.78, 5) is 27.4. The molecule has 0 radical (unpaired) electrons. The maximum atomic E-state index is 12.7. The first-order valence-corrected chi connectivity index (χ1v) is 10.7. The number of hydrogen-bond donors (Lipinski definition) is 1. The van der Waals surface area contributed by atoms with Crippen molar-refractivity contribution < 1.29 is 9.59 Å². The molecule has 2 amide bonds. The molecule has 2 saturated carbocycles. The van der Waals surface area contributed by atoms with Crippen molar-refractivity contribution in [3.63, 3.8) is 0 Å². The highest BCUT2D eigenvalue weighted by molar-refractivity contribution is 5.86. The topological polar surface area (TPSA) is 49.4 Å². The van der Waals surface area contributed by atoms with Crippen molar-refractivity contribution in [3.8, 4) is 0 Å². The Morgan fingerprint density at radius 2 is 1.88 bits per heavy atom. The lowest BCUT2D eigenvalue weighted by Gasteiger charge is -2.39. The highest BCUT2D eigenvalue weighted by Gasteiger charge is 2.59. The largest absolute Gasteiger partial charge is 0.355 e. The van der Waals surface area contributed by atoms with Gasteiger partial charge in [-0.1, -0.05) is 26.2 Å². The molecule has 4 heteroatoms. The third-order valence-corrected chi connectivity index (χ3v) is 7.52. The molecule has 4 fully saturated rings. The monoisotopic (exact) mass is 346 g/mol. The molecule has 0 spiro atoms. The standard InChI is InChI=1S/C21H34N2O2/c1-2-3-7-19(24)23-17-8-9-18(23)12-15(11-17)14-22-20(25)21-10-5-4-6-16(21)13-21/h15-18H,2-14H2,1H3,(H,22,25)/t15?,16?,17-,18+,21?. The maximum absolute atomic E-state index is 12.7. The molecule has 140 valence electrons. The van der Waals surface area contributed by atoms with Crippen molar-refractivity contribution in [2.24, 2.45) is 17.3 Å². The van der Waals surface area contributed by atoms with Crippen molar-refractivity contribution in [1.29, 1.82) is 0 Å². The highest BCUT2D eigenvalue weighted by atomic mass is 16.2. The van der Waals surface area contributed by atoms with Crippen molar-refractivity contribution in [3.05, 3.63) is 0 Å². The van der Waals surface area contributed by atoms with Crippen LogP contribution in [0.2, 0.25) is 0 Å². The van der Waals surface area contributed by atoms with E-state index in [-0.39, 0.29) is 5.41 Å². The van der Waals surface area contributed by atoms with E-state index in [4.69, 9.17) is 0 Å². The van der Waals surface area contributed by atoms with Gasteiger partial charge >= 0.3 is 0 Å². The molecule has 2 aliphatic carbocycles. The van der Waals surface area contributed by atoms with E-state index in [2.05, 4.69) is 17.1 Å². The van der Waals surface area contributed by atoms with Crippen LogP contribution in [0, 0.1) is 17.3 Å². The second kappa shape index (κ2) is 6.92. The summed E-state index contributed by atoms with van der Waals surface area (Å²) < 4.78 is 0. The van der Waals surface area contributed by atoms with Crippen LogP contribution in [0.3, 0.4) is 0 Å². The van der Waals surface area contributed by atoms with Crippen LogP contribution in [0.25, 0.3) is 0 Å². The number of nitrogens with one attached hydrogen (secondary N) is 1. The molecular formula is C21H34N2O2. The molecule has 0 aromatic rings. The van der Waals surface area contributed by atoms with Gasteiger partial charge in [-0.2, -0.15) is 0 Å². The average Bonchev–Trinajstić information content (AvgIpc) is 3.32. The van der Waals surface area contributed by atoms with Crippen LogP contribution in [-0.4, -0.2) is 35.3 Å². The molecule has 2 saturated heterocycles. The van der Waals surface area contributed by atoms with E-state index in [1.807, 2.05) is 0 Å². The van der Waals surface area contributed by atoms with Gasteiger partial charge in [0, 0.05) is 25.0 Å². The number of fused-ring (bicyclic) bond motifs is 3. The van der Waals surface area contributed by atoms with Gasteiger partial charge in [0.15, 0.2) is 0 Å². The van der Waals surface area contributed by atoms with Gasteiger partial charge in [-0.05, 0) is 63.2 Å². The summed E-state index contributed by atoms with van der Waals surface area (Å²) in [5.74, 6) is 1.95. The number of carbonyl (C=O) groups excluding carboxylic acids is 2. The Morgan fingerprint density at radius 3 is 2.56 bits per heavy atom. The van der Waals surface area contributed by atoms with Gasteiger partial charge in [0.25, 0.3) is 0 Å². The lowest BCUT2D eigenvalue weighted by Crippen LogP contribution is -2.49. The number of nitrogens with zero attached hydrogens (tertiary/aromatic N) is 1. The molecule has 0 aromatic carbocycles. The molecule has 4 nitrogen and oxygen atoms in total. The maximum Gasteiger partial charge on any atom is 0.226 e. The Labute approximate surface area is 152 Å². The molecule has 1 N–H and O–H groups in total. The average molecular weight is 347 g/mol. The quantitative estimate of drug-likeness (QED) is 0.798. The minimum atomic E-state index is 0.0219. The number of hydrogen-bond acceptors (Lipinski definition) is 2. The van der Waals surface area contributed by atoms with E-state index < -0.39 is 0 Å². The summed E-state index contributed by atoms with van der Waals surface area (Å²) in [7, 11) is 0. The zero-order valence-electron chi connectivity index (χ0n) is 15.8. The molecule has 0 aromatic heterocycles. The fourth-order valence-electron chi connectivity index (χ4n) is 6.02. The minimum Gasteiger partial charge on any atom is -0.355 e. The fourth-order valence-corrected chi connectivity index (χ4v) is 6.02. The van der Waals surface area contributed by atoms with Gasteiger partial charge < -0.3 is 10.2 Å². The molecule has 2 bridgehead atoms. The van der Waals surface area contributed by atoms with Crippen LogP contribution in [0.15, 0.2) is 0 Å². The molecule has 2 aliphatic heterocycles. The van der Waals surface area contributed by atoms with Crippen molar-refractivity contribution in [2.45, 2.75) is 96.1 Å². The molecule has 2 heterocycles. The normalized spacial score (nSPS) is 39.0. The van der Waals surface area contributed by atoms with Gasteiger partial charge in [-0.3, -0.25) is 9.59 Å². The number of carbonyl (C=O) groups is 2. The first-order chi connectivity index (χ1) is 12.1. The zero-order chi connectivity index (χ0) is 17.4.